The van der Waals surface area contributed by atoms with Crippen molar-refractivity contribution in [2.24, 2.45) is 0 Å². The topological polar surface area (TPSA) is 76.3 Å². The van der Waals surface area contributed by atoms with E-state index in [1.165, 1.54) is 17.8 Å². The van der Waals surface area contributed by atoms with Crippen molar-refractivity contribution in [2.45, 2.75) is 61.6 Å². The first-order valence-corrected chi connectivity index (χ1v) is 10.7. The number of rotatable bonds is 4. The zero-order chi connectivity index (χ0) is 16.7. The summed E-state index contributed by atoms with van der Waals surface area (Å²) in [5.41, 5.74) is 0. The zero-order valence-electron chi connectivity index (χ0n) is 13.6. The third-order valence-corrected chi connectivity index (χ3v) is 8.30. The minimum atomic E-state index is -3.52. The Labute approximate surface area is 145 Å². The van der Waals surface area contributed by atoms with Gasteiger partial charge in [0.05, 0.1) is 0 Å². The predicted molar refractivity (Wildman–Crippen MR) is 90.4 cm³/mol. The third-order valence-electron chi connectivity index (χ3n) is 4.93. The highest BCUT2D eigenvalue weighted by Crippen LogP contribution is 2.39. The smallest absolute Gasteiger partial charge is 0.253 e. The molecule has 2 aliphatic rings. The molecule has 130 valence electrons. The highest BCUT2D eigenvalue weighted by molar-refractivity contribution is 7.91. The molecular formula is C16H21N3O3S2. The van der Waals surface area contributed by atoms with Crippen molar-refractivity contribution >= 4 is 21.4 Å². The van der Waals surface area contributed by atoms with Crippen LogP contribution >= 0.6 is 11.3 Å². The van der Waals surface area contributed by atoms with Crippen molar-refractivity contribution < 1.29 is 12.8 Å². The minimum Gasteiger partial charge on any atom is -0.423 e. The van der Waals surface area contributed by atoms with E-state index in [4.69, 9.17) is 4.42 Å². The van der Waals surface area contributed by atoms with Crippen LogP contribution < -0.4 is 0 Å². The number of hydrogen-bond donors (Lipinski definition) is 0. The summed E-state index contributed by atoms with van der Waals surface area (Å²) in [5, 5.41) is 8.36. The Morgan fingerprint density at radius 2 is 1.92 bits per heavy atom. The molecule has 0 spiro atoms. The largest absolute Gasteiger partial charge is 0.423 e. The molecule has 1 unspecified atom stereocenters. The maximum atomic E-state index is 13.0. The van der Waals surface area contributed by atoms with E-state index in [1.807, 2.05) is 13.0 Å². The van der Waals surface area contributed by atoms with Gasteiger partial charge in [0.1, 0.15) is 10.3 Å². The van der Waals surface area contributed by atoms with Gasteiger partial charge >= 0.3 is 0 Å². The molecule has 2 aromatic rings. The molecule has 1 saturated carbocycles. The highest BCUT2D eigenvalue weighted by atomic mass is 32.2. The molecule has 0 bridgehead atoms. The van der Waals surface area contributed by atoms with Gasteiger partial charge in [0.15, 0.2) is 0 Å². The van der Waals surface area contributed by atoms with E-state index in [2.05, 4.69) is 10.2 Å². The van der Waals surface area contributed by atoms with Gasteiger partial charge in [-0.15, -0.1) is 21.5 Å². The summed E-state index contributed by atoms with van der Waals surface area (Å²) >= 11 is 1.31. The molecule has 0 amide bonds. The zero-order valence-corrected chi connectivity index (χ0v) is 15.3. The lowest BCUT2D eigenvalue weighted by atomic mass is 9.85. The highest BCUT2D eigenvalue weighted by Gasteiger charge is 2.38. The van der Waals surface area contributed by atoms with E-state index < -0.39 is 10.0 Å². The van der Waals surface area contributed by atoms with Crippen LogP contribution in [-0.4, -0.2) is 29.5 Å². The standard InChI is InChI=1S/C16H21N3O3S2/c1-11-8-9-14(23-11)24(20,21)19-10-3-2-7-13(19)16-18-17-15(22-16)12-5-4-6-12/h8-9,12-13H,2-7,10H2,1H3. The van der Waals surface area contributed by atoms with Gasteiger partial charge < -0.3 is 4.42 Å². The summed E-state index contributed by atoms with van der Waals surface area (Å²) in [4.78, 5) is 0.993. The SMILES string of the molecule is Cc1ccc(S(=O)(=O)N2CCCCC2c2nnc(C3CCC3)o2)s1. The summed E-state index contributed by atoms with van der Waals surface area (Å²) in [6, 6.07) is 3.19. The molecule has 1 atom stereocenters. The van der Waals surface area contributed by atoms with Gasteiger partial charge in [-0.3, -0.25) is 0 Å². The fourth-order valence-electron chi connectivity index (χ4n) is 3.31. The fourth-order valence-corrected chi connectivity index (χ4v) is 6.37. The van der Waals surface area contributed by atoms with E-state index in [9.17, 15) is 8.42 Å². The Bertz CT molecular complexity index is 823. The van der Waals surface area contributed by atoms with Crippen molar-refractivity contribution in [3.8, 4) is 0 Å². The van der Waals surface area contributed by atoms with Crippen LogP contribution in [0.3, 0.4) is 0 Å². The number of piperidine rings is 1. The van der Waals surface area contributed by atoms with Crippen molar-refractivity contribution in [2.75, 3.05) is 6.54 Å². The number of nitrogens with zero attached hydrogens (tertiary/aromatic N) is 3. The van der Waals surface area contributed by atoms with Crippen molar-refractivity contribution in [1.29, 1.82) is 0 Å². The number of hydrogen-bond acceptors (Lipinski definition) is 6. The van der Waals surface area contributed by atoms with Gasteiger partial charge in [-0.05, 0) is 44.7 Å². The van der Waals surface area contributed by atoms with E-state index >= 15 is 0 Å². The van der Waals surface area contributed by atoms with Gasteiger partial charge in [0.2, 0.25) is 11.8 Å². The van der Waals surface area contributed by atoms with Gasteiger partial charge in [0.25, 0.3) is 10.0 Å². The first-order valence-electron chi connectivity index (χ1n) is 8.47. The first kappa shape index (κ1) is 16.2. The average Bonchev–Trinajstić information content (AvgIpc) is 3.15. The number of sulfonamides is 1. The molecular weight excluding hydrogens is 346 g/mol. The Hall–Kier alpha value is -1.25. The van der Waals surface area contributed by atoms with Crippen molar-refractivity contribution in [1.82, 2.24) is 14.5 Å². The minimum absolute atomic E-state index is 0.340. The fraction of sp³-hybridized carbons (Fsp3) is 0.625. The Morgan fingerprint density at radius 1 is 1.12 bits per heavy atom. The average molecular weight is 367 g/mol. The van der Waals surface area contributed by atoms with Gasteiger partial charge in [0, 0.05) is 17.3 Å². The van der Waals surface area contributed by atoms with Crippen LogP contribution in [0.4, 0.5) is 0 Å². The second kappa shape index (κ2) is 6.24. The van der Waals surface area contributed by atoms with Gasteiger partial charge in [-0.1, -0.05) is 12.8 Å². The Balaban J connectivity index is 1.64. The molecule has 0 N–H and O–H groups in total. The summed E-state index contributed by atoms with van der Waals surface area (Å²) in [6.45, 7) is 2.42. The molecule has 2 fully saturated rings. The van der Waals surface area contributed by atoms with E-state index in [0.29, 0.717) is 28.5 Å². The second-order valence-corrected chi connectivity index (χ2v) is 10.0. The predicted octanol–water partition coefficient (Wildman–Crippen LogP) is 3.62. The van der Waals surface area contributed by atoms with Crippen LogP contribution in [0.5, 0.6) is 0 Å². The molecule has 1 aliphatic carbocycles. The monoisotopic (exact) mass is 367 g/mol. The maximum Gasteiger partial charge on any atom is 0.253 e. The molecule has 24 heavy (non-hydrogen) atoms. The Morgan fingerprint density at radius 3 is 2.58 bits per heavy atom. The molecule has 4 rings (SSSR count). The quantitative estimate of drug-likeness (QED) is 0.825. The summed E-state index contributed by atoms with van der Waals surface area (Å²) in [5.74, 6) is 1.49. The summed E-state index contributed by atoms with van der Waals surface area (Å²) in [7, 11) is -3.52. The van der Waals surface area contributed by atoms with Gasteiger partial charge in [-0.25, -0.2) is 8.42 Å². The van der Waals surface area contributed by atoms with Crippen LogP contribution in [0.15, 0.2) is 20.8 Å². The molecule has 8 heteroatoms. The molecule has 3 heterocycles. The Kier molecular flexibility index (Phi) is 4.22. The van der Waals surface area contributed by atoms with Crippen molar-refractivity contribution in [3.05, 3.63) is 28.8 Å². The first-order chi connectivity index (χ1) is 11.6. The summed E-state index contributed by atoms with van der Waals surface area (Å²) in [6.07, 6.45) is 5.94. The second-order valence-electron chi connectivity index (χ2n) is 6.60. The van der Waals surface area contributed by atoms with Crippen molar-refractivity contribution in [3.63, 3.8) is 0 Å². The van der Waals surface area contributed by atoms with E-state index in [0.717, 1.165) is 37.0 Å². The van der Waals surface area contributed by atoms with Crippen LogP contribution in [-0.2, 0) is 10.0 Å². The maximum absolute atomic E-state index is 13.0. The number of aromatic nitrogens is 2. The lowest BCUT2D eigenvalue weighted by Crippen LogP contribution is -2.38. The van der Waals surface area contributed by atoms with Crippen LogP contribution in [0.25, 0.3) is 0 Å². The third kappa shape index (κ3) is 2.80. The molecule has 1 aliphatic heterocycles. The normalized spacial score (nSPS) is 23.3. The molecule has 0 radical (unpaired) electrons. The lowest BCUT2D eigenvalue weighted by molar-refractivity contribution is 0.210. The molecule has 1 saturated heterocycles. The van der Waals surface area contributed by atoms with Crippen LogP contribution in [0, 0.1) is 6.92 Å². The summed E-state index contributed by atoms with van der Waals surface area (Å²) < 4.78 is 33.9. The molecule has 2 aromatic heterocycles. The lowest BCUT2D eigenvalue weighted by Gasteiger charge is -2.32. The number of thiophene rings is 1. The van der Waals surface area contributed by atoms with E-state index in [-0.39, 0.29) is 6.04 Å². The molecule has 6 nitrogen and oxygen atoms in total. The molecule has 0 aromatic carbocycles. The van der Waals surface area contributed by atoms with Crippen LogP contribution in [0.2, 0.25) is 0 Å². The van der Waals surface area contributed by atoms with Crippen LogP contribution in [0.1, 0.15) is 67.1 Å². The van der Waals surface area contributed by atoms with E-state index in [1.54, 1.807) is 10.4 Å². The number of aryl methyl sites for hydroxylation is 1. The van der Waals surface area contributed by atoms with Gasteiger partial charge in [-0.2, -0.15) is 4.31 Å².